The van der Waals surface area contributed by atoms with Crippen LogP contribution in [0.15, 0.2) is 18.2 Å². The fourth-order valence-corrected chi connectivity index (χ4v) is 4.16. The number of rotatable bonds is 5. The lowest BCUT2D eigenvalue weighted by atomic mass is 9.81. The Hall–Kier alpha value is -1.59. The number of ether oxygens (including phenoxy) is 2. The van der Waals surface area contributed by atoms with E-state index in [0.29, 0.717) is 25.5 Å². The smallest absolute Gasteiger partial charge is 0.312 e. The number of aliphatic hydroxyl groups is 1. The molecule has 1 aliphatic heterocycles. The Morgan fingerprint density at radius 3 is 2.96 bits per heavy atom. The maximum Gasteiger partial charge on any atom is 0.312 e. The Balaban J connectivity index is 1.70. The largest absolute Gasteiger partial charge is 0.497 e. The molecule has 1 aromatic carbocycles. The molecule has 5 nitrogen and oxygen atoms in total. The van der Waals surface area contributed by atoms with Crippen LogP contribution in [-0.4, -0.2) is 55.4 Å². The number of aliphatic hydroxyl groups excluding tert-OH is 1. The average molecular weight is 347 g/mol. The van der Waals surface area contributed by atoms with Gasteiger partial charge in [0.05, 0.1) is 25.7 Å². The van der Waals surface area contributed by atoms with Crippen molar-refractivity contribution in [3.8, 4) is 5.75 Å². The minimum atomic E-state index is -0.589. The van der Waals surface area contributed by atoms with Gasteiger partial charge in [-0.2, -0.15) is 0 Å². The number of carbonyl (C=O) groups is 1. The van der Waals surface area contributed by atoms with Crippen molar-refractivity contribution in [2.45, 2.75) is 44.6 Å². The third-order valence-electron chi connectivity index (χ3n) is 5.52. The third-order valence-corrected chi connectivity index (χ3v) is 5.52. The van der Waals surface area contributed by atoms with Gasteiger partial charge in [-0.3, -0.25) is 4.79 Å². The van der Waals surface area contributed by atoms with E-state index < -0.39 is 12.0 Å². The molecule has 1 fully saturated rings. The molecule has 2 aliphatic rings. The van der Waals surface area contributed by atoms with Crippen molar-refractivity contribution in [3.63, 3.8) is 0 Å². The zero-order valence-corrected chi connectivity index (χ0v) is 15.2. The fourth-order valence-electron chi connectivity index (χ4n) is 4.16. The van der Waals surface area contributed by atoms with Crippen LogP contribution >= 0.6 is 0 Å². The van der Waals surface area contributed by atoms with E-state index in [0.717, 1.165) is 31.7 Å². The normalized spacial score (nSPS) is 26.8. The minimum absolute atomic E-state index is 0.273. The van der Waals surface area contributed by atoms with Crippen LogP contribution in [0.1, 0.15) is 43.2 Å². The number of hydrogen-bond donors (Lipinski definition) is 1. The van der Waals surface area contributed by atoms with Crippen LogP contribution in [0, 0.1) is 5.92 Å². The first-order valence-electron chi connectivity index (χ1n) is 9.36. The number of carbonyl (C=O) groups excluding carboxylic acids is 1. The minimum Gasteiger partial charge on any atom is -0.497 e. The lowest BCUT2D eigenvalue weighted by Gasteiger charge is -2.38. The van der Waals surface area contributed by atoms with Crippen molar-refractivity contribution in [1.29, 1.82) is 0 Å². The lowest BCUT2D eigenvalue weighted by molar-refractivity contribution is -0.155. The molecular weight excluding hydrogens is 318 g/mol. The number of methoxy groups -OCH3 is 1. The molecule has 3 atom stereocenters. The second-order valence-electron chi connectivity index (χ2n) is 7.13. The van der Waals surface area contributed by atoms with E-state index in [4.69, 9.17) is 9.47 Å². The van der Waals surface area contributed by atoms with Crippen LogP contribution in [0.25, 0.3) is 0 Å². The van der Waals surface area contributed by atoms with Crippen LogP contribution in [0.2, 0.25) is 0 Å². The molecule has 0 amide bonds. The van der Waals surface area contributed by atoms with E-state index in [1.54, 1.807) is 14.0 Å². The van der Waals surface area contributed by atoms with Crippen LogP contribution in [0.5, 0.6) is 5.75 Å². The SMILES string of the molecule is CCOC(=O)C1CN(CC2CCCc3ccc(OC)cc32)CCC1O. The Morgan fingerprint density at radius 2 is 2.20 bits per heavy atom. The summed E-state index contributed by atoms with van der Waals surface area (Å²) in [5, 5.41) is 10.2. The van der Waals surface area contributed by atoms with Gasteiger partial charge in [-0.25, -0.2) is 0 Å². The van der Waals surface area contributed by atoms with Crippen molar-refractivity contribution in [2.75, 3.05) is 33.4 Å². The molecule has 3 rings (SSSR count). The number of piperidine rings is 1. The first-order chi connectivity index (χ1) is 12.1. The number of esters is 1. The standard InChI is InChI=1S/C20H29NO4/c1-3-25-20(23)18-13-21(10-9-19(18)22)12-15-6-4-5-14-7-8-16(24-2)11-17(14)15/h7-8,11,15,18-19,22H,3-6,9-10,12-13H2,1-2H3. The zero-order chi connectivity index (χ0) is 17.8. The Kier molecular flexibility index (Phi) is 5.97. The molecule has 1 aliphatic carbocycles. The Morgan fingerprint density at radius 1 is 1.36 bits per heavy atom. The molecule has 0 aromatic heterocycles. The maximum atomic E-state index is 12.1. The van der Waals surface area contributed by atoms with Crippen molar-refractivity contribution < 1.29 is 19.4 Å². The number of nitrogens with zero attached hydrogens (tertiary/aromatic N) is 1. The highest BCUT2D eigenvalue weighted by atomic mass is 16.5. The predicted molar refractivity (Wildman–Crippen MR) is 95.9 cm³/mol. The van der Waals surface area contributed by atoms with Gasteiger partial charge in [0, 0.05) is 19.6 Å². The number of hydrogen-bond acceptors (Lipinski definition) is 5. The number of fused-ring (bicyclic) bond motifs is 1. The summed E-state index contributed by atoms with van der Waals surface area (Å²) in [6, 6.07) is 6.39. The summed E-state index contributed by atoms with van der Waals surface area (Å²) >= 11 is 0. The highest BCUT2D eigenvalue weighted by Crippen LogP contribution is 2.35. The Bertz CT molecular complexity index is 603. The van der Waals surface area contributed by atoms with Gasteiger partial charge in [-0.15, -0.1) is 0 Å². The molecule has 5 heteroatoms. The van der Waals surface area contributed by atoms with E-state index in [-0.39, 0.29) is 5.97 Å². The summed E-state index contributed by atoms with van der Waals surface area (Å²) in [7, 11) is 1.70. The van der Waals surface area contributed by atoms with Crippen LogP contribution < -0.4 is 4.74 Å². The van der Waals surface area contributed by atoms with E-state index in [9.17, 15) is 9.90 Å². The van der Waals surface area contributed by atoms with Crippen molar-refractivity contribution >= 4 is 5.97 Å². The van der Waals surface area contributed by atoms with Crippen LogP contribution in [0.3, 0.4) is 0 Å². The Labute approximate surface area is 149 Å². The molecule has 0 bridgehead atoms. The molecule has 1 saturated heterocycles. The van der Waals surface area contributed by atoms with E-state index in [2.05, 4.69) is 17.0 Å². The van der Waals surface area contributed by atoms with E-state index in [1.165, 1.54) is 17.5 Å². The first-order valence-corrected chi connectivity index (χ1v) is 9.36. The van der Waals surface area contributed by atoms with Gasteiger partial charge in [0.15, 0.2) is 0 Å². The monoisotopic (exact) mass is 347 g/mol. The molecule has 0 spiro atoms. The highest BCUT2D eigenvalue weighted by molar-refractivity contribution is 5.73. The summed E-state index contributed by atoms with van der Waals surface area (Å²) in [4.78, 5) is 14.4. The molecule has 1 heterocycles. The summed E-state index contributed by atoms with van der Waals surface area (Å²) in [6.07, 6.45) is 3.51. The van der Waals surface area contributed by atoms with Gasteiger partial charge >= 0.3 is 5.97 Å². The molecule has 3 unspecified atom stereocenters. The average Bonchev–Trinajstić information content (AvgIpc) is 2.63. The summed E-state index contributed by atoms with van der Waals surface area (Å²) in [5.74, 6) is 0.661. The van der Waals surface area contributed by atoms with Gasteiger partial charge < -0.3 is 19.5 Å². The van der Waals surface area contributed by atoms with Gasteiger partial charge in [-0.05, 0) is 61.8 Å². The van der Waals surface area contributed by atoms with Crippen LogP contribution in [-0.2, 0) is 16.0 Å². The molecule has 0 radical (unpaired) electrons. The summed E-state index contributed by atoms with van der Waals surface area (Å²) in [5.41, 5.74) is 2.79. The lowest BCUT2D eigenvalue weighted by Crippen LogP contribution is -2.48. The molecule has 1 N–H and O–H groups in total. The zero-order valence-electron chi connectivity index (χ0n) is 15.2. The second kappa shape index (κ2) is 8.19. The predicted octanol–water partition coefficient (Wildman–Crippen LogP) is 2.36. The van der Waals surface area contributed by atoms with Crippen LogP contribution in [0.4, 0.5) is 0 Å². The van der Waals surface area contributed by atoms with Crippen molar-refractivity contribution in [1.82, 2.24) is 4.90 Å². The van der Waals surface area contributed by atoms with Gasteiger partial charge in [-0.1, -0.05) is 6.07 Å². The topological polar surface area (TPSA) is 59.0 Å². The fraction of sp³-hybridized carbons (Fsp3) is 0.650. The van der Waals surface area contributed by atoms with Crippen molar-refractivity contribution in [2.24, 2.45) is 5.92 Å². The van der Waals surface area contributed by atoms with E-state index in [1.807, 2.05) is 6.07 Å². The van der Waals surface area contributed by atoms with Gasteiger partial charge in [0.2, 0.25) is 0 Å². The second-order valence-corrected chi connectivity index (χ2v) is 7.13. The number of likely N-dealkylation sites (tertiary alicyclic amines) is 1. The maximum absolute atomic E-state index is 12.1. The molecule has 25 heavy (non-hydrogen) atoms. The molecular formula is C20H29NO4. The highest BCUT2D eigenvalue weighted by Gasteiger charge is 2.35. The van der Waals surface area contributed by atoms with E-state index >= 15 is 0 Å². The molecule has 138 valence electrons. The summed E-state index contributed by atoms with van der Waals surface area (Å²) < 4.78 is 10.5. The summed E-state index contributed by atoms with van der Waals surface area (Å²) in [6.45, 7) is 4.49. The van der Waals surface area contributed by atoms with Crippen molar-refractivity contribution in [3.05, 3.63) is 29.3 Å². The van der Waals surface area contributed by atoms with Gasteiger partial charge in [0.1, 0.15) is 5.75 Å². The first kappa shape index (κ1) is 18.2. The quantitative estimate of drug-likeness (QED) is 0.829. The molecule has 0 saturated carbocycles. The third kappa shape index (κ3) is 4.15. The molecule has 1 aromatic rings. The number of aryl methyl sites for hydroxylation is 1. The van der Waals surface area contributed by atoms with Gasteiger partial charge in [0.25, 0.3) is 0 Å². The number of benzene rings is 1.